The summed E-state index contributed by atoms with van der Waals surface area (Å²) in [7, 11) is 0. The van der Waals surface area contributed by atoms with Crippen molar-refractivity contribution in [2.24, 2.45) is 0 Å². The number of allylic oxidation sites excluding steroid dienone is 4. The highest BCUT2D eigenvalue weighted by Gasteiger charge is 1.87. The van der Waals surface area contributed by atoms with Crippen LogP contribution < -0.4 is 0 Å². The first-order valence-electron chi connectivity index (χ1n) is 6.27. The molecule has 0 nitrogen and oxygen atoms in total. The van der Waals surface area contributed by atoms with Gasteiger partial charge in [0.25, 0.3) is 0 Å². The van der Waals surface area contributed by atoms with Crippen molar-refractivity contribution in [1.82, 2.24) is 0 Å². The molecule has 0 heterocycles. The summed E-state index contributed by atoms with van der Waals surface area (Å²) >= 11 is 5.51. The summed E-state index contributed by atoms with van der Waals surface area (Å²) < 4.78 is 0. The second-order valence-corrected chi connectivity index (χ2v) is 4.20. The molecule has 0 aromatic rings. The Bertz CT molecular complexity index is 159. The molecule has 0 aliphatic carbocycles. The van der Waals surface area contributed by atoms with Crippen LogP contribution in [0.15, 0.2) is 24.3 Å². The molecular formula is C14H25Cl. The monoisotopic (exact) mass is 228 g/mol. The second-order valence-electron chi connectivity index (χ2n) is 3.89. The molecule has 0 spiro atoms. The molecule has 88 valence electrons. The fourth-order valence-electron chi connectivity index (χ4n) is 1.49. The number of alkyl halides is 1. The predicted molar refractivity (Wildman–Crippen MR) is 71.6 cm³/mol. The molecule has 0 radical (unpaired) electrons. The van der Waals surface area contributed by atoms with Gasteiger partial charge in [0, 0.05) is 5.88 Å². The van der Waals surface area contributed by atoms with Gasteiger partial charge in [-0.15, -0.1) is 11.6 Å². The van der Waals surface area contributed by atoms with Crippen molar-refractivity contribution in [2.45, 2.75) is 58.3 Å². The van der Waals surface area contributed by atoms with Crippen molar-refractivity contribution >= 4 is 11.6 Å². The van der Waals surface area contributed by atoms with Gasteiger partial charge in [0.1, 0.15) is 0 Å². The van der Waals surface area contributed by atoms with E-state index in [9.17, 15) is 0 Å². The van der Waals surface area contributed by atoms with Gasteiger partial charge in [-0.3, -0.25) is 0 Å². The molecule has 0 aromatic heterocycles. The average molecular weight is 229 g/mol. The van der Waals surface area contributed by atoms with E-state index in [2.05, 4.69) is 25.2 Å². The zero-order chi connectivity index (χ0) is 11.2. The molecule has 0 amide bonds. The quantitative estimate of drug-likeness (QED) is 0.264. The van der Waals surface area contributed by atoms with Crippen LogP contribution in [0.5, 0.6) is 0 Å². The second kappa shape index (κ2) is 13.8. The minimum atomic E-state index is 0.630. The molecule has 15 heavy (non-hydrogen) atoms. The summed E-state index contributed by atoms with van der Waals surface area (Å²) in [6.45, 7) is 2.26. The van der Waals surface area contributed by atoms with Crippen LogP contribution in [-0.4, -0.2) is 5.88 Å². The van der Waals surface area contributed by atoms with Gasteiger partial charge in [0.15, 0.2) is 0 Å². The third kappa shape index (κ3) is 13.8. The first-order valence-corrected chi connectivity index (χ1v) is 6.81. The lowest BCUT2D eigenvalue weighted by Crippen LogP contribution is -1.77. The Morgan fingerprint density at radius 3 is 2.20 bits per heavy atom. The first kappa shape index (κ1) is 14.8. The van der Waals surface area contributed by atoms with Gasteiger partial charge in [-0.25, -0.2) is 0 Å². The molecule has 1 heteroatoms. The molecular weight excluding hydrogens is 204 g/mol. The molecule has 0 aromatic carbocycles. The van der Waals surface area contributed by atoms with Gasteiger partial charge < -0.3 is 0 Å². The van der Waals surface area contributed by atoms with Gasteiger partial charge in [-0.2, -0.15) is 0 Å². The molecule has 0 N–H and O–H groups in total. The van der Waals surface area contributed by atoms with Crippen molar-refractivity contribution in [3.05, 3.63) is 24.3 Å². The van der Waals surface area contributed by atoms with E-state index in [-0.39, 0.29) is 0 Å². The van der Waals surface area contributed by atoms with E-state index in [0.717, 1.165) is 6.42 Å². The lowest BCUT2D eigenvalue weighted by molar-refractivity contribution is 0.611. The largest absolute Gasteiger partial charge is 0.122 e. The van der Waals surface area contributed by atoms with Crippen molar-refractivity contribution in [3.63, 3.8) is 0 Å². The Balaban J connectivity index is 3.06. The van der Waals surface area contributed by atoms with Gasteiger partial charge >= 0.3 is 0 Å². The molecule has 0 aliphatic rings. The fourth-order valence-corrected chi connectivity index (χ4v) is 1.62. The topological polar surface area (TPSA) is 0 Å². The summed E-state index contributed by atoms with van der Waals surface area (Å²) in [4.78, 5) is 0. The summed E-state index contributed by atoms with van der Waals surface area (Å²) in [5, 5.41) is 0. The van der Waals surface area contributed by atoms with Gasteiger partial charge in [-0.1, -0.05) is 63.3 Å². The Labute approximate surface area is 100 Å². The fraction of sp³-hybridized carbons (Fsp3) is 0.714. The minimum absolute atomic E-state index is 0.630. The average Bonchev–Trinajstić information content (AvgIpc) is 2.26. The van der Waals surface area contributed by atoms with E-state index >= 15 is 0 Å². The molecule has 0 atom stereocenters. The number of hydrogen-bond donors (Lipinski definition) is 0. The summed E-state index contributed by atoms with van der Waals surface area (Å²) in [6.07, 6.45) is 19.2. The number of halogens is 1. The van der Waals surface area contributed by atoms with Crippen LogP contribution in [0.1, 0.15) is 58.3 Å². The molecule has 0 saturated heterocycles. The van der Waals surface area contributed by atoms with Crippen LogP contribution in [0.2, 0.25) is 0 Å². The Kier molecular flexibility index (Phi) is 13.6. The van der Waals surface area contributed by atoms with E-state index in [1.807, 2.05) is 6.08 Å². The highest BCUT2D eigenvalue weighted by atomic mass is 35.5. The maximum Gasteiger partial charge on any atom is 0.0404 e. The molecule has 0 saturated carbocycles. The van der Waals surface area contributed by atoms with E-state index in [1.165, 1.54) is 44.9 Å². The lowest BCUT2D eigenvalue weighted by Gasteiger charge is -1.97. The van der Waals surface area contributed by atoms with Crippen LogP contribution in [0, 0.1) is 0 Å². The summed E-state index contributed by atoms with van der Waals surface area (Å²) in [6, 6.07) is 0. The third-order valence-electron chi connectivity index (χ3n) is 2.42. The Morgan fingerprint density at radius 1 is 0.800 bits per heavy atom. The van der Waals surface area contributed by atoms with Gasteiger partial charge in [-0.05, 0) is 19.3 Å². The van der Waals surface area contributed by atoms with Crippen LogP contribution in [-0.2, 0) is 0 Å². The third-order valence-corrected chi connectivity index (χ3v) is 2.60. The SMILES string of the molecule is CCCCCCCCC=CCC=CCCl. The van der Waals surface area contributed by atoms with Crippen LogP contribution in [0.25, 0.3) is 0 Å². The number of rotatable bonds is 10. The van der Waals surface area contributed by atoms with Gasteiger partial charge in [0.05, 0.1) is 0 Å². The zero-order valence-electron chi connectivity index (χ0n) is 10.1. The normalized spacial score (nSPS) is 11.9. The summed E-state index contributed by atoms with van der Waals surface area (Å²) in [5.41, 5.74) is 0. The predicted octanol–water partition coefficient (Wildman–Crippen LogP) is 5.48. The number of unbranched alkanes of at least 4 members (excludes halogenated alkanes) is 6. The van der Waals surface area contributed by atoms with E-state index in [1.54, 1.807) is 0 Å². The minimum Gasteiger partial charge on any atom is -0.122 e. The van der Waals surface area contributed by atoms with Crippen LogP contribution in [0.3, 0.4) is 0 Å². The zero-order valence-corrected chi connectivity index (χ0v) is 10.8. The standard InChI is InChI=1S/C14H25Cl/c1-2-3-4-5-6-7-8-9-10-11-12-13-14-15/h9-10,12-13H,2-8,11,14H2,1H3. The Hall–Kier alpha value is -0.230. The van der Waals surface area contributed by atoms with E-state index < -0.39 is 0 Å². The van der Waals surface area contributed by atoms with E-state index in [0.29, 0.717) is 5.88 Å². The molecule has 0 fully saturated rings. The van der Waals surface area contributed by atoms with Crippen molar-refractivity contribution < 1.29 is 0 Å². The van der Waals surface area contributed by atoms with Crippen molar-refractivity contribution in [2.75, 3.05) is 5.88 Å². The molecule has 0 bridgehead atoms. The highest BCUT2D eigenvalue weighted by molar-refractivity contribution is 6.18. The lowest BCUT2D eigenvalue weighted by atomic mass is 10.1. The molecule has 0 aliphatic heterocycles. The summed E-state index contributed by atoms with van der Waals surface area (Å²) in [5.74, 6) is 0.630. The van der Waals surface area contributed by atoms with Crippen LogP contribution >= 0.6 is 11.6 Å². The maximum absolute atomic E-state index is 5.51. The van der Waals surface area contributed by atoms with Crippen molar-refractivity contribution in [1.29, 1.82) is 0 Å². The number of hydrogen-bond acceptors (Lipinski definition) is 0. The Morgan fingerprint density at radius 2 is 1.47 bits per heavy atom. The molecule has 0 rings (SSSR count). The highest BCUT2D eigenvalue weighted by Crippen LogP contribution is 2.07. The van der Waals surface area contributed by atoms with Crippen molar-refractivity contribution in [3.8, 4) is 0 Å². The maximum atomic E-state index is 5.51. The smallest absolute Gasteiger partial charge is 0.0404 e. The van der Waals surface area contributed by atoms with Gasteiger partial charge in [0.2, 0.25) is 0 Å². The van der Waals surface area contributed by atoms with Crippen LogP contribution in [0.4, 0.5) is 0 Å². The first-order chi connectivity index (χ1) is 7.41. The van der Waals surface area contributed by atoms with E-state index in [4.69, 9.17) is 11.6 Å². The molecule has 0 unspecified atom stereocenters.